The summed E-state index contributed by atoms with van der Waals surface area (Å²) in [6, 6.07) is 0. The summed E-state index contributed by atoms with van der Waals surface area (Å²) in [6.45, 7) is 0.858. The number of carbonyl (C=O) groups is 1. The van der Waals surface area contributed by atoms with Crippen LogP contribution in [0.5, 0.6) is 0 Å². The molecule has 1 saturated carbocycles. The molecule has 86 valence electrons. The van der Waals surface area contributed by atoms with Crippen molar-refractivity contribution in [2.24, 2.45) is 5.41 Å². The minimum Gasteiger partial charge on any atom is -0.481 e. The van der Waals surface area contributed by atoms with Crippen LogP contribution in [0.1, 0.15) is 25.7 Å². The van der Waals surface area contributed by atoms with Crippen LogP contribution < -0.4 is 0 Å². The van der Waals surface area contributed by atoms with E-state index in [1.807, 2.05) is 0 Å². The van der Waals surface area contributed by atoms with E-state index in [1.165, 1.54) is 0 Å². The van der Waals surface area contributed by atoms with Gasteiger partial charge in [0.15, 0.2) is 5.79 Å². The summed E-state index contributed by atoms with van der Waals surface area (Å²) < 4.78 is 11.0. The second kappa shape index (κ2) is 3.73. The van der Waals surface area contributed by atoms with Crippen molar-refractivity contribution in [1.29, 1.82) is 0 Å². The number of aliphatic carboxylic acids is 1. The average molecular weight is 216 g/mol. The fourth-order valence-corrected chi connectivity index (χ4v) is 2.33. The third-order valence-electron chi connectivity index (χ3n) is 3.54. The summed E-state index contributed by atoms with van der Waals surface area (Å²) >= 11 is 0. The zero-order valence-electron chi connectivity index (χ0n) is 8.57. The molecule has 2 aliphatic rings. The Morgan fingerprint density at radius 3 is 2.07 bits per heavy atom. The first kappa shape index (κ1) is 10.9. The first-order valence-electron chi connectivity index (χ1n) is 5.25. The Morgan fingerprint density at radius 2 is 1.67 bits per heavy atom. The van der Waals surface area contributed by atoms with Gasteiger partial charge >= 0.3 is 5.97 Å². The molecule has 1 aliphatic heterocycles. The molecule has 0 aromatic carbocycles. The molecule has 15 heavy (non-hydrogen) atoms. The van der Waals surface area contributed by atoms with Crippen LogP contribution in [0, 0.1) is 5.41 Å². The van der Waals surface area contributed by atoms with Gasteiger partial charge in [-0.25, -0.2) is 0 Å². The minimum absolute atomic E-state index is 0.307. The maximum absolute atomic E-state index is 11.1. The van der Waals surface area contributed by atoms with E-state index in [0.29, 0.717) is 38.9 Å². The van der Waals surface area contributed by atoms with Gasteiger partial charge in [-0.15, -0.1) is 0 Å². The number of carboxylic acids is 1. The van der Waals surface area contributed by atoms with Crippen molar-refractivity contribution in [3.8, 4) is 0 Å². The number of hydrogen-bond acceptors (Lipinski definition) is 4. The molecule has 0 aromatic rings. The standard InChI is InChI=1S/C10H16O5/c11-7-9(8(12)13)1-3-10(4-2-9)14-5-6-15-10/h11H,1-7H2,(H,12,13). The van der Waals surface area contributed by atoms with Gasteiger partial charge in [0.05, 0.1) is 25.2 Å². The molecule has 1 heterocycles. The highest BCUT2D eigenvalue weighted by molar-refractivity contribution is 5.75. The lowest BCUT2D eigenvalue weighted by Gasteiger charge is -2.39. The zero-order valence-corrected chi connectivity index (χ0v) is 8.57. The lowest BCUT2D eigenvalue weighted by molar-refractivity contribution is -0.200. The van der Waals surface area contributed by atoms with Crippen LogP contribution in [0.15, 0.2) is 0 Å². The van der Waals surface area contributed by atoms with E-state index in [0.717, 1.165) is 0 Å². The number of carboxylic acid groups (broad SMARTS) is 1. The normalized spacial score (nSPS) is 28.1. The van der Waals surface area contributed by atoms with Crippen molar-refractivity contribution in [3.05, 3.63) is 0 Å². The monoisotopic (exact) mass is 216 g/mol. The third kappa shape index (κ3) is 1.75. The van der Waals surface area contributed by atoms with Crippen molar-refractivity contribution in [3.63, 3.8) is 0 Å². The van der Waals surface area contributed by atoms with Gasteiger partial charge in [0.25, 0.3) is 0 Å². The van der Waals surface area contributed by atoms with Gasteiger partial charge in [0.1, 0.15) is 0 Å². The van der Waals surface area contributed by atoms with Crippen LogP contribution >= 0.6 is 0 Å². The van der Waals surface area contributed by atoms with Crippen LogP contribution in [-0.4, -0.2) is 41.8 Å². The summed E-state index contributed by atoms with van der Waals surface area (Å²) in [7, 11) is 0. The zero-order chi connectivity index (χ0) is 10.9. The predicted octanol–water partition coefficient (Wildman–Crippen LogP) is 0.367. The molecule has 1 aliphatic carbocycles. The number of hydrogen-bond donors (Lipinski definition) is 2. The van der Waals surface area contributed by atoms with E-state index in [1.54, 1.807) is 0 Å². The molecule has 5 heteroatoms. The third-order valence-corrected chi connectivity index (χ3v) is 3.54. The summed E-state index contributed by atoms with van der Waals surface area (Å²) in [4.78, 5) is 11.1. The Balaban J connectivity index is 2.04. The first-order valence-corrected chi connectivity index (χ1v) is 5.25. The lowest BCUT2D eigenvalue weighted by Crippen LogP contribution is -2.45. The molecule has 0 radical (unpaired) electrons. The Kier molecular flexibility index (Phi) is 2.70. The van der Waals surface area contributed by atoms with Crippen molar-refractivity contribution >= 4 is 5.97 Å². The maximum atomic E-state index is 11.1. The molecule has 2 N–H and O–H groups in total. The summed E-state index contributed by atoms with van der Waals surface area (Å²) in [5.41, 5.74) is -0.986. The van der Waals surface area contributed by atoms with Gasteiger partial charge in [-0.1, -0.05) is 0 Å². The van der Waals surface area contributed by atoms with Crippen molar-refractivity contribution in [2.75, 3.05) is 19.8 Å². The molecule has 0 atom stereocenters. The van der Waals surface area contributed by atoms with Gasteiger partial charge in [0.2, 0.25) is 0 Å². The molecular weight excluding hydrogens is 200 g/mol. The Bertz CT molecular complexity index is 247. The number of aliphatic hydroxyl groups is 1. The topological polar surface area (TPSA) is 76.0 Å². The maximum Gasteiger partial charge on any atom is 0.311 e. The summed E-state index contributed by atoms with van der Waals surface area (Å²) in [5, 5.41) is 18.3. The Labute approximate surface area is 88.0 Å². The second-order valence-corrected chi connectivity index (χ2v) is 4.35. The van der Waals surface area contributed by atoms with Crippen LogP contribution in [0.4, 0.5) is 0 Å². The van der Waals surface area contributed by atoms with E-state index in [2.05, 4.69) is 0 Å². The van der Waals surface area contributed by atoms with E-state index in [4.69, 9.17) is 14.6 Å². The van der Waals surface area contributed by atoms with Gasteiger partial charge in [-0.05, 0) is 12.8 Å². The van der Waals surface area contributed by atoms with Gasteiger partial charge in [-0.3, -0.25) is 4.79 Å². The first-order chi connectivity index (χ1) is 7.13. The van der Waals surface area contributed by atoms with Crippen molar-refractivity contribution in [1.82, 2.24) is 0 Å². The second-order valence-electron chi connectivity index (χ2n) is 4.35. The summed E-state index contributed by atoms with van der Waals surface area (Å²) in [5.74, 6) is -1.48. The highest BCUT2D eigenvalue weighted by Crippen LogP contribution is 2.44. The Hall–Kier alpha value is -0.650. The largest absolute Gasteiger partial charge is 0.481 e. The summed E-state index contributed by atoms with van der Waals surface area (Å²) in [6.07, 6.45) is 1.94. The molecule has 0 bridgehead atoms. The van der Waals surface area contributed by atoms with E-state index in [-0.39, 0.29) is 6.61 Å². The van der Waals surface area contributed by atoms with Crippen LogP contribution in [-0.2, 0) is 14.3 Å². The molecule has 0 unspecified atom stereocenters. The van der Waals surface area contributed by atoms with Gasteiger partial charge < -0.3 is 19.7 Å². The minimum atomic E-state index is -0.986. The average Bonchev–Trinajstić information content (AvgIpc) is 2.68. The van der Waals surface area contributed by atoms with Crippen molar-refractivity contribution < 1.29 is 24.5 Å². The molecule has 2 rings (SSSR count). The molecule has 0 aromatic heterocycles. The molecule has 1 spiro atoms. The Morgan fingerprint density at radius 1 is 1.13 bits per heavy atom. The predicted molar refractivity (Wildman–Crippen MR) is 50.3 cm³/mol. The molecular formula is C10H16O5. The molecule has 2 fully saturated rings. The SMILES string of the molecule is O=C(O)C1(CO)CCC2(CC1)OCCO2. The highest BCUT2D eigenvalue weighted by Gasteiger charge is 2.49. The lowest BCUT2D eigenvalue weighted by atomic mass is 9.72. The quantitative estimate of drug-likeness (QED) is 0.697. The smallest absolute Gasteiger partial charge is 0.311 e. The van der Waals surface area contributed by atoms with E-state index < -0.39 is 17.2 Å². The van der Waals surface area contributed by atoms with E-state index in [9.17, 15) is 9.90 Å². The van der Waals surface area contributed by atoms with E-state index >= 15 is 0 Å². The van der Waals surface area contributed by atoms with Crippen LogP contribution in [0.2, 0.25) is 0 Å². The van der Waals surface area contributed by atoms with Crippen LogP contribution in [0.25, 0.3) is 0 Å². The molecule has 0 amide bonds. The number of ether oxygens (including phenoxy) is 2. The fourth-order valence-electron chi connectivity index (χ4n) is 2.33. The fraction of sp³-hybridized carbons (Fsp3) is 0.900. The molecule has 5 nitrogen and oxygen atoms in total. The number of aliphatic hydroxyl groups excluding tert-OH is 1. The van der Waals surface area contributed by atoms with Gasteiger partial charge in [0, 0.05) is 12.8 Å². The van der Waals surface area contributed by atoms with Crippen molar-refractivity contribution in [2.45, 2.75) is 31.5 Å². The molecule has 1 saturated heterocycles. The highest BCUT2D eigenvalue weighted by atomic mass is 16.7. The van der Waals surface area contributed by atoms with Gasteiger partial charge in [-0.2, -0.15) is 0 Å². The van der Waals surface area contributed by atoms with Crippen LogP contribution in [0.3, 0.4) is 0 Å². The number of rotatable bonds is 2.